The van der Waals surface area contributed by atoms with Gasteiger partial charge in [0.2, 0.25) is 0 Å². The Labute approximate surface area is 83.1 Å². The van der Waals surface area contributed by atoms with Gasteiger partial charge in [0.15, 0.2) is 5.82 Å². The fourth-order valence-electron chi connectivity index (χ4n) is 0.785. The smallest absolute Gasteiger partial charge is 0.341 e. The quantitative estimate of drug-likeness (QED) is 0.594. The summed E-state index contributed by atoms with van der Waals surface area (Å²) < 4.78 is 17.8. The molecule has 1 aromatic rings. The average molecular weight is 248 g/mol. The molecule has 1 rings (SSSR count). The number of esters is 1. The maximum Gasteiger partial charge on any atom is 0.341 e. The highest BCUT2D eigenvalue weighted by Crippen LogP contribution is 2.16. The maximum atomic E-state index is 13.2. The molecule has 0 aliphatic rings. The van der Waals surface area contributed by atoms with Crippen LogP contribution in [0.5, 0.6) is 0 Å². The van der Waals surface area contributed by atoms with Gasteiger partial charge < -0.3 is 4.74 Å². The third-order valence-electron chi connectivity index (χ3n) is 1.34. The van der Waals surface area contributed by atoms with Gasteiger partial charge in [0.25, 0.3) is 0 Å². The second-order valence-electron chi connectivity index (χ2n) is 2.18. The van der Waals surface area contributed by atoms with Crippen molar-refractivity contribution in [3.8, 4) is 0 Å². The van der Waals surface area contributed by atoms with E-state index in [0.717, 1.165) is 0 Å². The average Bonchev–Trinajstić information content (AvgIpc) is 2.10. The van der Waals surface area contributed by atoms with E-state index in [1.165, 1.54) is 12.3 Å². The summed E-state index contributed by atoms with van der Waals surface area (Å²) in [5.41, 5.74) is -0.108. The molecule has 0 saturated carbocycles. The lowest BCUT2D eigenvalue weighted by molar-refractivity contribution is 0.0520. The van der Waals surface area contributed by atoms with Crippen LogP contribution in [0.1, 0.15) is 17.3 Å². The molecule has 0 aliphatic carbocycles. The Balaban J connectivity index is 3.01. The van der Waals surface area contributed by atoms with Gasteiger partial charge in [0.1, 0.15) is 4.60 Å². The summed E-state index contributed by atoms with van der Waals surface area (Å²) in [6, 6.07) is 1.28. The van der Waals surface area contributed by atoms with Crippen molar-refractivity contribution < 1.29 is 13.9 Å². The van der Waals surface area contributed by atoms with E-state index < -0.39 is 11.8 Å². The largest absolute Gasteiger partial charge is 0.462 e. The first kappa shape index (κ1) is 10.1. The summed E-state index contributed by atoms with van der Waals surface area (Å²) in [6.07, 6.45) is 1.33. The molecule has 0 radical (unpaired) electrons. The summed E-state index contributed by atoms with van der Waals surface area (Å²) in [6.45, 7) is 1.88. The van der Waals surface area contributed by atoms with Crippen LogP contribution in [0.25, 0.3) is 0 Å². The minimum atomic E-state index is -0.694. The molecule has 0 aromatic carbocycles. The summed E-state index contributed by atoms with van der Waals surface area (Å²) in [7, 11) is 0. The van der Waals surface area contributed by atoms with Crippen molar-refractivity contribution >= 4 is 21.9 Å². The van der Waals surface area contributed by atoms with E-state index in [1.807, 2.05) is 0 Å². The van der Waals surface area contributed by atoms with Crippen molar-refractivity contribution in [3.63, 3.8) is 0 Å². The lowest BCUT2D eigenvalue weighted by atomic mass is 10.2. The first-order valence-electron chi connectivity index (χ1n) is 3.64. The molecule has 0 N–H and O–H groups in total. The molecule has 0 unspecified atom stereocenters. The standard InChI is InChI=1S/C8H7BrFNO2/c1-2-13-8(12)5-3-4-11-7(9)6(5)10/h3-4H,2H2,1H3. The Kier molecular flexibility index (Phi) is 3.36. The highest BCUT2D eigenvalue weighted by atomic mass is 79.9. The molecular formula is C8H7BrFNO2. The zero-order chi connectivity index (χ0) is 9.84. The Hall–Kier alpha value is -0.970. The van der Waals surface area contributed by atoms with Gasteiger partial charge in [-0.2, -0.15) is 0 Å². The number of hydrogen-bond donors (Lipinski definition) is 0. The van der Waals surface area contributed by atoms with Gasteiger partial charge in [-0.1, -0.05) is 0 Å². The fraction of sp³-hybridized carbons (Fsp3) is 0.250. The van der Waals surface area contributed by atoms with Crippen LogP contribution >= 0.6 is 15.9 Å². The van der Waals surface area contributed by atoms with Crippen molar-refractivity contribution in [1.29, 1.82) is 0 Å². The van der Waals surface area contributed by atoms with E-state index in [2.05, 4.69) is 25.7 Å². The van der Waals surface area contributed by atoms with Gasteiger partial charge in [-0.25, -0.2) is 14.2 Å². The van der Waals surface area contributed by atoms with E-state index >= 15 is 0 Å². The van der Waals surface area contributed by atoms with Gasteiger partial charge in [-0.3, -0.25) is 0 Å². The SMILES string of the molecule is CCOC(=O)c1ccnc(Br)c1F. The molecule has 0 fully saturated rings. The van der Waals surface area contributed by atoms with E-state index in [4.69, 9.17) is 0 Å². The van der Waals surface area contributed by atoms with Crippen LogP contribution in [0.2, 0.25) is 0 Å². The molecule has 0 aliphatic heterocycles. The molecule has 1 heterocycles. The van der Waals surface area contributed by atoms with Crippen LogP contribution < -0.4 is 0 Å². The van der Waals surface area contributed by atoms with Crippen molar-refractivity contribution in [2.45, 2.75) is 6.92 Å². The number of rotatable bonds is 2. The van der Waals surface area contributed by atoms with Crippen LogP contribution in [0.4, 0.5) is 4.39 Å². The number of ether oxygens (including phenoxy) is 1. The van der Waals surface area contributed by atoms with Gasteiger partial charge in [0.05, 0.1) is 12.2 Å². The predicted molar refractivity (Wildman–Crippen MR) is 47.9 cm³/mol. The van der Waals surface area contributed by atoms with Crippen LogP contribution in [-0.2, 0) is 4.74 Å². The minimum Gasteiger partial charge on any atom is -0.462 e. The molecule has 0 saturated heterocycles. The molecule has 1 aromatic heterocycles. The Bertz CT molecular complexity index is 330. The number of aromatic nitrogens is 1. The molecule has 0 amide bonds. The molecular weight excluding hydrogens is 241 g/mol. The second kappa shape index (κ2) is 4.32. The highest BCUT2D eigenvalue weighted by molar-refractivity contribution is 9.10. The first-order valence-corrected chi connectivity index (χ1v) is 4.43. The lowest BCUT2D eigenvalue weighted by Gasteiger charge is -2.02. The summed E-state index contributed by atoms with van der Waals surface area (Å²) in [5, 5.41) is 0. The zero-order valence-corrected chi connectivity index (χ0v) is 8.47. The molecule has 13 heavy (non-hydrogen) atoms. The van der Waals surface area contributed by atoms with Crippen molar-refractivity contribution in [2.75, 3.05) is 6.61 Å². The van der Waals surface area contributed by atoms with Gasteiger partial charge in [-0.05, 0) is 28.9 Å². The number of carbonyl (C=O) groups excluding carboxylic acids is 1. The number of pyridine rings is 1. The number of halogens is 2. The van der Waals surface area contributed by atoms with E-state index in [0.29, 0.717) is 0 Å². The van der Waals surface area contributed by atoms with Gasteiger partial charge >= 0.3 is 5.97 Å². The second-order valence-corrected chi connectivity index (χ2v) is 2.93. The van der Waals surface area contributed by atoms with Crippen LogP contribution in [0, 0.1) is 5.82 Å². The monoisotopic (exact) mass is 247 g/mol. The Morgan fingerprint density at radius 2 is 2.46 bits per heavy atom. The minimum absolute atomic E-state index is 0.0121. The molecule has 5 heteroatoms. The molecule has 0 spiro atoms. The summed E-state index contributed by atoms with van der Waals surface area (Å²) in [4.78, 5) is 14.7. The van der Waals surface area contributed by atoms with Crippen LogP contribution in [0.15, 0.2) is 16.9 Å². The Morgan fingerprint density at radius 1 is 1.77 bits per heavy atom. The van der Waals surface area contributed by atoms with Gasteiger partial charge in [0, 0.05) is 6.20 Å². The van der Waals surface area contributed by atoms with Crippen molar-refractivity contribution in [3.05, 3.63) is 28.2 Å². The van der Waals surface area contributed by atoms with Crippen molar-refractivity contribution in [1.82, 2.24) is 4.98 Å². The molecule has 3 nitrogen and oxygen atoms in total. The zero-order valence-electron chi connectivity index (χ0n) is 6.88. The number of nitrogens with zero attached hydrogens (tertiary/aromatic N) is 1. The maximum absolute atomic E-state index is 13.2. The topological polar surface area (TPSA) is 39.2 Å². The van der Waals surface area contributed by atoms with E-state index in [-0.39, 0.29) is 16.8 Å². The predicted octanol–water partition coefficient (Wildman–Crippen LogP) is 2.16. The van der Waals surface area contributed by atoms with Crippen molar-refractivity contribution in [2.24, 2.45) is 0 Å². The summed E-state index contributed by atoms with van der Waals surface area (Å²) >= 11 is 2.87. The Morgan fingerprint density at radius 3 is 3.08 bits per heavy atom. The highest BCUT2D eigenvalue weighted by Gasteiger charge is 2.15. The molecule has 0 atom stereocenters. The third-order valence-corrected chi connectivity index (χ3v) is 1.89. The first-order chi connectivity index (χ1) is 6.16. The van der Waals surface area contributed by atoms with E-state index in [9.17, 15) is 9.18 Å². The molecule has 70 valence electrons. The molecule has 0 bridgehead atoms. The normalized spacial score (nSPS) is 9.77. The fourth-order valence-corrected chi connectivity index (χ4v) is 1.12. The van der Waals surface area contributed by atoms with Gasteiger partial charge in [-0.15, -0.1) is 0 Å². The summed E-state index contributed by atoms with van der Waals surface area (Å²) in [5.74, 6) is -1.37. The lowest BCUT2D eigenvalue weighted by Crippen LogP contribution is -2.07. The third kappa shape index (κ3) is 2.24. The van der Waals surface area contributed by atoms with E-state index in [1.54, 1.807) is 6.92 Å². The number of carbonyl (C=O) groups is 1. The van der Waals surface area contributed by atoms with Crippen LogP contribution in [0.3, 0.4) is 0 Å². The van der Waals surface area contributed by atoms with Crippen LogP contribution in [-0.4, -0.2) is 17.6 Å². The number of hydrogen-bond acceptors (Lipinski definition) is 3.